The van der Waals surface area contributed by atoms with Crippen molar-refractivity contribution in [3.63, 3.8) is 0 Å². The predicted molar refractivity (Wildman–Crippen MR) is 84.9 cm³/mol. The minimum atomic E-state index is -0.206. The maximum Gasteiger partial charge on any atom is 0.257 e. The first-order chi connectivity index (χ1) is 10.1. The zero-order valence-electron chi connectivity index (χ0n) is 12.1. The van der Waals surface area contributed by atoms with Crippen LogP contribution in [0.1, 0.15) is 42.4 Å². The highest BCUT2D eigenvalue weighted by atomic mass is 32.1. The number of thiazole rings is 1. The first kappa shape index (κ1) is 15.5. The topological polar surface area (TPSA) is 77.2 Å². The molecular formula is C15H19N3O2S. The third-order valence-electron chi connectivity index (χ3n) is 2.78. The minimum absolute atomic E-state index is 0.141. The van der Waals surface area contributed by atoms with E-state index in [1.54, 1.807) is 18.2 Å². The average Bonchev–Trinajstić information content (AvgIpc) is 2.94. The second-order valence-corrected chi connectivity index (χ2v) is 5.55. The number of ether oxygens (including phenoxy) is 1. The van der Waals surface area contributed by atoms with Crippen molar-refractivity contribution in [3.8, 4) is 5.75 Å². The van der Waals surface area contributed by atoms with Crippen LogP contribution in [0.3, 0.4) is 0 Å². The van der Waals surface area contributed by atoms with E-state index >= 15 is 0 Å². The van der Waals surface area contributed by atoms with Gasteiger partial charge in [-0.3, -0.25) is 10.1 Å². The minimum Gasteiger partial charge on any atom is -0.494 e. The molecule has 6 heteroatoms. The molecule has 0 saturated heterocycles. The monoisotopic (exact) mass is 305 g/mol. The Kier molecular flexibility index (Phi) is 5.30. The van der Waals surface area contributed by atoms with Crippen LogP contribution < -0.4 is 15.8 Å². The maximum atomic E-state index is 12.2. The van der Waals surface area contributed by atoms with E-state index < -0.39 is 0 Å². The summed E-state index contributed by atoms with van der Waals surface area (Å²) in [5.41, 5.74) is 7.07. The van der Waals surface area contributed by atoms with Gasteiger partial charge >= 0.3 is 0 Å². The zero-order chi connectivity index (χ0) is 15.2. The molecule has 1 aromatic carbocycles. The predicted octanol–water partition coefficient (Wildman–Crippen LogP) is 3.20. The summed E-state index contributed by atoms with van der Waals surface area (Å²) in [7, 11) is 0. The van der Waals surface area contributed by atoms with Crippen molar-refractivity contribution in [2.75, 3.05) is 11.9 Å². The summed E-state index contributed by atoms with van der Waals surface area (Å²) in [5, 5.41) is 5.17. The number of benzene rings is 1. The average molecular weight is 305 g/mol. The van der Waals surface area contributed by atoms with Crippen LogP contribution in [0.15, 0.2) is 29.6 Å². The van der Waals surface area contributed by atoms with Crippen LogP contribution in [0.25, 0.3) is 0 Å². The van der Waals surface area contributed by atoms with Gasteiger partial charge in [-0.05, 0) is 31.5 Å². The molecule has 0 bridgehead atoms. The highest BCUT2D eigenvalue weighted by Gasteiger charge is 2.11. The summed E-state index contributed by atoms with van der Waals surface area (Å²) in [4.78, 5) is 16.5. The summed E-state index contributed by atoms with van der Waals surface area (Å²) < 4.78 is 5.52. The van der Waals surface area contributed by atoms with Crippen molar-refractivity contribution in [3.05, 3.63) is 40.9 Å². The lowest BCUT2D eigenvalue weighted by atomic mass is 10.2. The molecule has 1 heterocycles. The summed E-state index contributed by atoms with van der Waals surface area (Å²) in [6, 6.07) is 6.97. The smallest absolute Gasteiger partial charge is 0.257 e. The molecule has 1 amide bonds. The molecule has 0 fully saturated rings. The molecule has 1 atom stereocenters. The van der Waals surface area contributed by atoms with Crippen LogP contribution in [0, 0.1) is 0 Å². The van der Waals surface area contributed by atoms with E-state index in [9.17, 15) is 4.79 Å². The van der Waals surface area contributed by atoms with Gasteiger partial charge in [0.05, 0.1) is 12.3 Å². The summed E-state index contributed by atoms with van der Waals surface area (Å²) >= 11 is 1.36. The van der Waals surface area contributed by atoms with Gasteiger partial charge in [0, 0.05) is 17.0 Å². The number of carbonyl (C=O) groups excluding carboxylic acids is 1. The molecule has 0 radical (unpaired) electrons. The van der Waals surface area contributed by atoms with Gasteiger partial charge in [0.15, 0.2) is 5.13 Å². The summed E-state index contributed by atoms with van der Waals surface area (Å²) in [6.07, 6.45) is 0.926. The lowest BCUT2D eigenvalue weighted by Crippen LogP contribution is -2.12. The van der Waals surface area contributed by atoms with Gasteiger partial charge in [0.25, 0.3) is 5.91 Å². The molecule has 21 heavy (non-hydrogen) atoms. The number of amides is 1. The molecule has 3 N–H and O–H groups in total. The number of hydrogen-bond acceptors (Lipinski definition) is 5. The zero-order valence-corrected chi connectivity index (χ0v) is 12.9. The molecule has 0 aliphatic rings. The van der Waals surface area contributed by atoms with Crippen molar-refractivity contribution in [2.45, 2.75) is 26.3 Å². The maximum absolute atomic E-state index is 12.2. The first-order valence-electron chi connectivity index (χ1n) is 6.85. The SMILES string of the molecule is CCCOc1cccc(C(=O)Nc2nc(C(C)N)cs2)c1. The highest BCUT2D eigenvalue weighted by Crippen LogP contribution is 2.21. The molecule has 5 nitrogen and oxygen atoms in total. The molecule has 0 spiro atoms. The summed E-state index contributed by atoms with van der Waals surface area (Å²) in [5.74, 6) is 0.488. The van der Waals surface area contributed by atoms with Crippen LogP contribution in [-0.4, -0.2) is 17.5 Å². The largest absolute Gasteiger partial charge is 0.494 e. The molecule has 0 aliphatic heterocycles. The van der Waals surface area contributed by atoms with Gasteiger partial charge in [-0.15, -0.1) is 11.3 Å². The van der Waals surface area contributed by atoms with Gasteiger partial charge in [-0.2, -0.15) is 0 Å². The third kappa shape index (κ3) is 4.27. The Morgan fingerprint density at radius 2 is 2.33 bits per heavy atom. The molecular weight excluding hydrogens is 286 g/mol. The molecule has 1 aromatic heterocycles. The Morgan fingerprint density at radius 1 is 1.52 bits per heavy atom. The number of carbonyl (C=O) groups is 1. The molecule has 0 saturated carbocycles. The molecule has 0 aliphatic carbocycles. The number of nitrogens with one attached hydrogen (secondary N) is 1. The van der Waals surface area contributed by atoms with Crippen molar-refractivity contribution in [1.29, 1.82) is 0 Å². The highest BCUT2D eigenvalue weighted by molar-refractivity contribution is 7.14. The van der Waals surface area contributed by atoms with Crippen LogP contribution in [0.2, 0.25) is 0 Å². The van der Waals surface area contributed by atoms with E-state index in [0.29, 0.717) is 23.1 Å². The molecule has 2 rings (SSSR count). The Hall–Kier alpha value is -1.92. The first-order valence-corrected chi connectivity index (χ1v) is 7.73. The van der Waals surface area contributed by atoms with Crippen molar-refractivity contribution in [2.24, 2.45) is 5.73 Å². The second-order valence-electron chi connectivity index (χ2n) is 4.70. The van der Waals surface area contributed by atoms with Gasteiger partial charge in [-0.1, -0.05) is 13.0 Å². The number of anilines is 1. The van der Waals surface area contributed by atoms with E-state index in [0.717, 1.165) is 12.1 Å². The Morgan fingerprint density at radius 3 is 3.00 bits per heavy atom. The second kappa shape index (κ2) is 7.19. The van der Waals surface area contributed by atoms with Crippen LogP contribution in [-0.2, 0) is 0 Å². The lowest BCUT2D eigenvalue weighted by molar-refractivity contribution is 0.102. The van der Waals surface area contributed by atoms with E-state index in [1.807, 2.05) is 25.3 Å². The van der Waals surface area contributed by atoms with E-state index in [2.05, 4.69) is 10.3 Å². The van der Waals surface area contributed by atoms with Gasteiger partial charge in [0.1, 0.15) is 5.75 Å². The number of nitrogens with zero attached hydrogens (tertiary/aromatic N) is 1. The van der Waals surface area contributed by atoms with E-state index in [1.165, 1.54) is 11.3 Å². The molecule has 112 valence electrons. The molecule has 1 unspecified atom stereocenters. The Bertz CT molecular complexity index is 610. The van der Waals surface area contributed by atoms with E-state index in [4.69, 9.17) is 10.5 Å². The van der Waals surface area contributed by atoms with Gasteiger partial charge in [-0.25, -0.2) is 4.98 Å². The number of hydrogen-bond donors (Lipinski definition) is 2. The lowest BCUT2D eigenvalue weighted by Gasteiger charge is -2.06. The quantitative estimate of drug-likeness (QED) is 0.859. The number of aromatic nitrogens is 1. The normalized spacial score (nSPS) is 12.0. The Balaban J connectivity index is 2.05. The third-order valence-corrected chi connectivity index (χ3v) is 3.55. The van der Waals surface area contributed by atoms with E-state index in [-0.39, 0.29) is 11.9 Å². The summed E-state index contributed by atoms with van der Waals surface area (Å²) in [6.45, 7) is 4.53. The fourth-order valence-corrected chi connectivity index (χ4v) is 2.48. The van der Waals surface area contributed by atoms with Gasteiger partial charge < -0.3 is 10.5 Å². The van der Waals surface area contributed by atoms with Crippen molar-refractivity contribution in [1.82, 2.24) is 4.98 Å². The van der Waals surface area contributed by atoms with Crippen molar-refractivity contribution < 1.29 is 9.53 Å². The fourth-order valence-electron chi connectivity index (χ4n) is 1.67. The van der Waals surface area contributed by atoms with Crippen molar-refractivity contribution >= 4 is 22.4 Å². The standard InChI is InChI=1S/C15H19N3O2S/c1-3-7-20-12-6-4-5-11(8-12)14(19)18-15-17-13(9-21-15)10(2)16/h4-6,8-10H,3,7,16H2,1-2H3,(H,17,18,19). The number of nitrogens with two attached hydrogens (primary N) is 1. The number of rotatable bonds is 6. The van der Waals surface area contributed by atoms with Crippen LogP contribution >= 0.6 is 11.3 Å². The van der Waals surface area contributed by atoms with Crippen LogP contribution in [0.4, 0.5) is 5.13 Å². The van der Waals surface area contributed by atoms with Crippen LogP contribution in [0.5, 0.6) is 5.75 Å². The molecule has 2 aromatic rings. The Labute approximate surface area is 128 Å². The fraction of sp³-hybridized carbons (Fsp3) is 0.333. The van der Waals surface area contributed by atoms with Gasteiger partial charge in [0.2, 0.25) is 0 Å².